The SMILES string of the molecule is CCNC(=NCc1cn2ccsc2n1)NC1CCN(c2ccc(C)cc2)C1.I. The molecule has 6 nitrogen and oxygen atoms in total. The molecule has 0 spiro atoms. The minimum absolute atomic E-state index is 0. The van der Waals surface area contributed by atoms with Crippen LogP contribution in [-0.2, 0) is 6.54 Å². The minimum Gasteiger partial charge on any atom is -0.369 e. The summed E-state index contributed by atoms with van der Waals surface area (Å²) in [6, 6.07) is 9.17. The highest BCUT2D eigenvalue weighted by atomic mass is 127. The monoisotopic (exact) mass is 510 g/mol. The number of aryl methyl sites for hydroxylation is 1. The number of benzene rings is 1. The number of aliphatic imine (C=N–C) groups is 1. The molecule has 150 valence electrons. The summed E-state index contributed by atoms with van der Waals surface area (Å²) in [4.78, 5) is 12.8. The summed E-state index contributed by atoms with van der Waals surface area (Å²) in [6.45, 7) is 7.71. The van der Waals surface area contributed by atoms with Gasteiger partial charge in [0.25, 0.3) is 0 Å². The number of hydrogen-bond donors (Lipinski definition) is 2. The third kappa shape index (κ3) is 4.96. The van der Waals surface area contributed by atoms with Crippen molar-refractivity contribution in [2.75, 3.05) is 24.5 Å². The molecule has 1 saturated heterocycles. The Bertz CT molecular complexity index is 888. The van der Waals surface area contributed by atoms with Crippen molar-refractivity contribution in [3.05, 3.63) is 53.3 Å². The van der Waals surface area contributed by atoms with Crippen molar-refractivity contribution in [1.29, 1.82) is 0 Å². The van der Waals surface area contributed by atoms with Gasteiger partial charge in [-0.05, 0) is 32.4 Å². The first-order chi connectivity index (χ1) is 13.2. The number of rotatable bonds is 5. The molecule has 28 heavy (non-hydrogen) atoms. The fourth-order valence-corrected chi connectivity index (χ4v) is 4.11. The molecule has 1 aliphatic rings. The molecule has 8 heteroatoms. The van der Waals surface area contributed by atoms with Gasteiger partial charge in [-0.25, -0.2) is 9.98 Å². The summed E-state index contributed by atoms with van der Waals surface area (Å²) in [5, 5.41) is 8.99. The van der Waals surface area contributed by atoms with Gasteiger partial charge in [-0.2, -0.15) is 0 Å². The molecule has 4 rings (SSSR count). The van der Waals surface area contributed by atoms with E-state index in [4.69, 9.17) is 4.99 Å². The van der Waals surface area contributed by atoms with Gasteiger partial charge in [0, 0.05) is 49.1 Å². The largest absolute Gasteiger partial charge is 0.369 e. The van der Waals surface area contributed by atoms with Crippen LogP contribution < -0.4 is 15.5 Å². The van der Waals surface area contributed by atoms with Gasteiger partial charge in [0.1, 0.15) is 0 Å². The number of imidazole rings is 1. The third-order valence-corrected chi connectivity index (χ3v) is 5.59. The van der Waals surface area contributed by atoms with E-state index in [2.05, 4.69) is 58.6 Å². The minimum atomic E-state index is 0. The van der Waals surface area contributed by atoms with Gasteiger partial charge < -0.3 is 15.5 Å². The number of halogens is 1. The van der Waals surface area contributed by atoms with Crippen molar-refractivity contribution in [2.24, 2.45) is 4.99 Å². The van der Waals surface area contributed by atoms with E-state index in [9.17, 15) is 0 Å². The van der Waals surface area contributed by atoms with Crippen molar-refractivity contribution < 1.29 is 0 Å². The topological polar surface area (TPSA) is 57.0 Å². The van der Waals surface area contributed by atoms with E-state index in [1.807, 2.05) is 22.2 Å². The molecule has 1 aliphatic heterocycles. The van der Waals surface area contributed by atoms with Crippen LogP contribution in [0.1, 0.15) is 24.6 Å². The highest BCUT2D eigenvalue weighted by Gasteiger charge is 2.23. The van der Waals surface area contributed by atoms with Crippen molar-refractivity contribution in [3.63, 3.8) is 0 Å². The molecule has 0 bridgehead atoms. The van der Waals surface area contributed by atoms with Crippen LogP contribution in [0.5, 0.6) is 0 Å². The van der Waals surface area contributed by atoms with Crippen LogP contribution in [0, 0.1) is 6.92 Å². The lowest BCUT2D eigenvalue weighted by atomic mass is 10.2. The van der Waals surface area contributed by atoms with Gasteiger partial charge in [0.05, 0.1) is 12.2 Å². The van der Waals surface area contributed by atoms with E-state index in [1.54, 1.807) is 11.3 Å². The van der Waals surface area contributed by atoms with Crippen molar-refractivity contribution >= 4 is 51.9 Å². The number of guanidine groups is 1. The number of nitrogens with one attached hydrogen (secondary N) is 2. The highest BCUT2D eigenvalue weighted by Crippen LogP contribution is 2.20. The molecule has 0 radical (unpaired) electrons. The Morgan fingerprint density at radius 2 is 2.14 bits per heavy atom. The molecule has 1 fully saturated rings. The van der Waals surface area contributed by atoms with Gasteiger partial charge in [0.15, 0.2) is 10.9 Å². The van der Waals surface area contributed by atoms with Crippen molar-refractivity contribution in [2.45, 2.75) is 32.9 Å². The molecular weight excluding hydrogens is 483 g/mol. The fraction of sp³-hybridized carbons (Fsp3) is 0.400. The molecule has 0 saturated carbocycles. The van der Waals surface area contributed by atoms with Crippen molar-refractivity contribution in [3.8, 4) is 0 Å². The van der Waals surface area contributed by atoms with Crippen molar-refractivity contribution in [1.82, 2.24) is 20.0 Å². The summed E-state index contributed by atoms with van der Waals surface area (Å²) < 4.78 is 2.05. The fourth-order valence-electron chi connectivity index (χ4n) is 3.39. The molecule has 1 unspecified atom stereocenters. The second kappa shape index (κ2) is 9.60. The quantitative estimate of drug-likeness (QED) is 0.313. The maximum absolute atomic E-state index is 4.74. The summed E-state index contributed by atoms with van der Waals surface area (Å²) in [7, 11) is 0. The molecule has 1 atom stereocenters. The number of anilines is 1. The first-order valence-electron chi connectivity index (χ1n) is 9.49. The number of aromatic nitrogens is 2. The van der Waals surface area contributed by atoms with E-state index in [1.165, 1.54) is 11.3 Å². The highest BCUT2D eigenvalue weighted by molar-refractivity contribution is 14.0. The van der Waals surface area contributed by atoms with Gasteiger partial charge in [0.2, 0.25) is 0 Å². The van der Waals surface area contributed by atoms with E-state index in [0.717, 1.165) is 42.7 Å². The second-order valence-corrected chi connectivity index (χ2v) is 7.80. The Labute approximate surface area is 187 Å². The lowest BCUT2D eigenvalue weighted by molar-refractivity contribution is 0.649. The average molecular weight is 510 g/mol. The lowest BCUT2D eigenvalue weighted by Crippen LogP contribution is -2.44. The molecule has 3 aromatic rings. The average Bonchev–Trinajstić information content (AvgIpc) is 3.36. The molecule has 0 aliphatic carbocycles. The smallest absolute Gasteiger partial charge is 0.193 e. The van der Waals surface area contributed by atoms with E-state index >= 15 is 0 Å². The summed E-state index contributed by atoms with van der Waals surface area (Å²) in [5.41, 5.74) is 3.59. The Morgan fingerprint density at radius 1 is 1.32 bits per heavy atom. The Balaban J connectivity index is 0.00000225. The van der Waals surface area contributed by atoms with Crippen LogP contribution in [0.3, 0.4) is 0 Å². The number of nitrogens with zero attached hydrogens (tertiary/aromatic N) is 4. The first-order valence-corrected chi connectivity index (χ1v) is 10.4. The number of fused-ring (bicyclic) bond motifs is 1. The standard InChI is InChI=1S/C20H26N6S.HI/c1-3-21-19(22-12-17-14-26-10-11-27-20(26)24-17)23-16-8-9-25(13-16)18-6-4-15(2)5-7-18;/h4-7,10-11,14,16H,3,8-9,12-13H2,1-2H3,(H2,21,22,23);1H. The van der Waals surface area contributed by atoms with Crippen LogP contribution >= 0.6 is 35.3 Å². The maximum Gasteiger partial charge on any atom is 0.193 e. The van der Waals surface area contributed by atoms with Gasteiger partial charge in [-0.3, -0.25) is 4.40 Å². The van der Waals surface area contributed by atoms with E-state index < -0.39 is 0 Å². The summed E-state index contributed by atoms with van der Waals surface area (Å²) in [6.07, 6.45) is 5.19. The van der Waals surface area contributed by atoms with Gasteiger partial charge in [-0.1, -0.05) is 17.7 Å². The van der Waals surface area contributed by atoms with Gasteiger partial charge >= 0.3 is 0 Å². The zero-order valence-corrected chi connectivity index (χ0v) is 19.4. The van der Waals surface area contributed by atoms with E-state index in [-0.39, 0.29) is 24.0 Å². The van der Waals surface area contributed by atoms with E-state index in [0.29, 0.717) is 12.6 Å². The molecule has 2 aromatic heterocycles. The zero-order chi connectivity index (χ0) is 18.6. The number of thiazole rings is 1. The van der Waals surface area contributed by atoms with Gasteiger partial charge in [-0.15, -0.1) is 35.3 Å². The second-order valence-electron chi connectivity index (χ2n) is 6.93. The predicted molar refractivity (Wildman–Crippen MR) is 128 cm³/mol. The van der Waals surface area contributed by atoms with Crippen LogP contribution in [0.2, 0.25) is 0 Å². The van der Waals surface area contributed by atoms with Crippen LogP contribution in [0.15, 0.2) is 47.0 Å². The summed E-state index contributed by atoms with van der Waals surface area (Å²) >= 11 is 1.64. The molecular formula is C20H27IN6S. The normalized spacial score (nSPS) is 17.0. The Kier molecular flexibility index (Phi) is 7.17. The third-order valence-electron chi connectivity index (χ3n) is 4.81. The maximum atomic E-state index is 4.74. The Hall–Kier alpha value is -1.81. The molecule has 0 amide bonds. The zero-order valence-electron chi connectivity index (χ0n) is 16.3. The molecule has 1 aromatic carbocycles. The molecule has 3 heterocycles. The lowest BCUT2D eigenvalue weighted by Gasteiger charge is -2.20. The van der Waals surface area contributed by atoms with Crippen LogP contribution in [-0.4, -0.2) is 41.0 Å². The number of hydrogen-bond acceptors (Lipinski definition) is 4. The predicted octanol–water partition coefficient (Wildman–Crippen LogP) is 3.66. The van der Waals surface area contributed by atoms with Crippen LogP contribution in [0.25, 0.3) is 4.96 Å². The van der Waals surface area contributed by atoms with Crippen LogP contribution in [0.4, 0.5) is 5.69 Å². The Morgan fingerprint density at radius 3 is 2.89 bits per heavy atom. The summed E-state index contributed by atoms with van der Waals surface area (Å²) in [5.74, 6) is 0.865. The molecule has 2 N–H and O–H groups in total. The first kappa shape index (κ1) is 20.9.